The van der Waals surface area contributed by atoms with Crippen molar-refractivity contribution in [2.75, 3.05) is 19.6 Å². The van der Waals surface area contributed by atoms with Crippen LogP contribution in [0.4, 0.5) is 4.79 Å². The summed E-state index contributed by atoms with van der Waals surface area (Å²) in [5.41, 5.74) is 4.84. The van der Waals surface area contributed by atoms with E-state index in [2.05, 4.69) is 5.32 Å². The van der Waals surface area contributed by atoms with E-state index in [1.807, 2.05) is 0 Å². The molecule has 86 valence electrons. The summed E-state index contributed by atoms with van der Waals surface area (Å²) in [4.78, 5) is 33.2. The van der Waals surface area contributed by atoms with Crippen LogP contribution >= 0.6 is 0 Å². The summed E-state index contributed by atoms with van der Waals surface area (Å²) in [6.45, 7) is 1.95. The standard InChI is InChI=1S/C8H15N3O4/c1-2-11(4-3-7(13)14)8(15)10-5-6(9)12/h2-5H2,1H3,(H2,9,12)(H,10,15)(H,13,14). The average molecular weight is 217 g/mol. The molecule has 0 atom stereocenters. The number of aliphatic carboxylic acids is 1. The first-order chi connectivity index (χ1) is 6.97. The third-order valence-corrected chi connectivity index (χ3v) is 1.68. The van der Waals surface area contributed by atoms with Gasteiger partial charge in [0.05, 0.1) is 13.0 Å². The van der Waals surface area contributed by atoms with Crippen LogP contribution in [0.2, 0.25) is 0 Å². The Kier molecular flexibility index (Phi) is 5.84. The normalized spacial score (nSPS) is 9.40. The molecule has 7 heteroatoms. The first kappa shape index (κ1) is 13.2. The molecule has 4 N–H and O–H groups in total. The number of urea groups is 1. The van der Waals surface area contributed by atoms with Crippen LogP contribution in [-0.2, 0) is 9.59 Å². The van der Waals surface area contributed by atoms with Crippen LogP contribution in [-0.4, -0.2) is 47.5 Å². The second-order valence-corrected chi connectivity index (χ2v) is 2.85. The fraction of sp³-hybridized carbons (Fsp3) is 0.625. The number of nitrogens with one attached hydrogen (secondary N) is 1. The average Bonchev–Trinajstić information content (AvgIpc) is 2.15. The Morgan fingerprint density at radius 3 is 2.40 bits per heavy atom. The van der Waals surface area contributed by atoms with Crippen molar-refractivity contribution in [3.63, 3.8) is 0 Å². The lowest BCUT2D eigenvalue weighted by Crippen LogP contribution is -2.44. The van der Waals surface area contributed by atoms with Crippen molar-refractivity contribution in [1.82, 2.24) is 10.2 Å². The molecule has 0 aromatic carbocycles. The van der Waals surface area contributed by atoms with Crippen LogP contribution in [0.1, 0.15) is 13.3 Å². The van der Waals surface area contributed by atoms with E-state index < -0.39 is 17.9 Å². The number of hydrogen-bond acceptors (Lipinski definition) is 3. The Balaban J connectivity index is 3.98. The zero-order valence-electron chi connectivity index (χ0n) is 8.52. The highest BCUT2D eigenvalue weighted by Gasteiger charge is 2.12. The number of nitrogens with zero attached hydrogens (tertiary/aromatic N) is 1. The van der Waals surface area contributed by atoms with Gasteiger partial charge in [-0.2, -0.15) is 0 Å². The summed E-state index contributed by atoms with van der Waals surface area (Å²) in [5, 5.41) is 10.7. The summed E-state index contributed by atoms with van der Waals surface area (Å²) in [5.74, 6) is -1.62. The Labute approximate surface area is 87.2 Å². The van der Waals surface area contributed by atoms with Crippen molar-refractivity contribution in [3.05, 3.63) is 0 Å². The molecule has 7 nitrogen and oxygen atoms in total. The minimum absolute atomic E-state index is 0.108. The van der Waals surface area contributed by atoms with E-state index in [9.17, 15) is 14.4 Å². The smallest absolute Gasteiger partial charge is 0.317 e. The van der Waals surface area contributed by atoms with Gasteiger partial charge in [-0.25, -0.2) is 4.79 Å². The van der Waals surface area contributed by atoms with Gasteiger partial charge in [-0.1, -0.05) is 0 Å². The number of hydrogen-bond donors (Lipinski definition) is 3. The molecule has 0 saturated carbocycles. The quantitative estimate of drug-likeness (QED) is 0.528. The van der Waals surface area contributed by atoms with Gasteiger partial charge in [0.15, 0.2) is 0 Å². The fourth-order valence-electron chi connectivity index (χ4n) is 0.908. The molecule has 0 aliphatic carbocycles. The second-order valence-electron chi connectivity index (χ2n) is 2.85. The Morgan fingerprint density at radius 1 is 1.40 bits per heavy atom. The molecule has 3 amide bonds. The number of rotatable bonds is 6. The van der Waals surface area contributed by atoms with Crippen LogP contribution in [0.3, 0.4) is 0 Å². The van der Waals surface area contributed by atoms with Gasteiger partial charge in [0, 0.05) is 13.1 Å². The van der Waals surface area contributed by atoms with E-state index in [-0.39, 0.29) is 19.5 Å². The lowest BCUT2D eigenvalue weighted by molar-refractivity contribution is -0.137. The predicted molar refractivity (Wildman–Crippen MR) is 52.1 cm³/mol. The SMILES string of the molecule is CCN(CCC(=O)O)C(=O)NCC(N)=O. The molecule has 0 aliphatic heterocycles. The molecule has 15 heavy (non-hydrogen) atoms. The monoisotopic (exact) mass is 217 g/mol. The van der Waals surface area contributed by atoms with E-state index in [1.54, 1.807) is 6.92 Å². The van der Waals surface area contributed by atoms with E-state index in [1.165, 1.54) is 4.90 Å². The summed E-state index contributed by atoms with van der Waals surface area (Å²) >= 11 is 0. The number of carboxylic acid groups (broad SMARTS) is 1. The lowest BCUT2D eigenvalue weighted by atomic mass is 10.4. The van der Waals surface area contributed by atoms with E-state index in [0.29, 0.717) is 6.54 Å². The predicted octanol–water partition coefficient (Wildman–Crippen LogP) is -1.02. The lowest BCUT2D eigenvalue weighted by Gasteiger charge is -2.19. The molecule has 0 saturated heterocycles. The van der Waals surface area contributed by atoms with Crippen LogP contribution < -0.4 is 11.1 Å². The molecule has 0 fully saturated rings. The van der Waals surface area contributed by atoms with Gasteiger partial charge in [0.25, 0.3) is 0 Å². The van der Waals surface area contributed by atoms with Crippen molar-refractivity contribution < 1.29 is 19.5 Å². The fourth-order valence-corrected chi connectivity index (χ4v) is 0.908. The third-order valence-electron chi connectivity index (χ3n) is 1.68. The maximum absolute atomic E-state index is 11.3. The van der Waals surface area contributed by atoms with E-state index >= 15 is 0 Å². The van der Waals surface area contributed by atoms with Gasteiger partial charge in [0.2, 0.25) is 5.91 Å². The van der Waals surface area contributed by atoms with Gasteiger partial charge in [-0.15, -0.1) is 0 Å². The third kappa shape index (κ3) is 6.30. The molecule has 0 aromatic heterocycles. The second kappa shape index (κ2) is 6.63. The van der Waals surface area contributed by atoms with Crippen LogP contribution in [0.5, 0.6) is 0 Å². The van der Waals surface area contributed by atoms with Gasteiger partial charge < -0.3 is 21.1 Å². The molecule has 0 aromatic rings. The molecule has 0 rings (SSSR count). The molecule has 0 radical (unpaired) electrons. The highest BCUT2D eigenvalue weighted by atomic mass is 16.4. The highest BCUT2D eigenvalue weighted by molar-refractivity contribution is 5.83. The van der Waals surface area contributed by atoms with Gasteiger partial charge >= 0.3 is 12.0 Å². The van der Waals surface area contributed by atoms with Gasteiger partial charge in [0.1, 0.15) is 0 Å². The van der Waals surface area contributed by atoms with Crippen LogP contribution in [0.15, 0.2) is 0 Å². The maximum Gasteiger partial charge on any atom is 0.317 e. The van der Waals surface area contributed by atoms with Crippen molar-refractivity contribution in [2.24, 2.45) is 5.73 Å². The molecular formula is C8H15N3O4. The minimum atomic E-state index is -0.976. The van der Waals surface area contributed by atoms with Gasteiger partial charge in [-0.3, -0.25) is 9.59 Å². The van der Waals surface area contributed by atoms with Gasteiger partial charge in [-0.05, 0) is 6.92 Å². The summed E-state index contributed by atoms with van der Waals surface area (Å²) in [7, 11) is 0. The minimum Gasteiger partial charge on any atom is -0.481 e. The zero-order chi connectivity index (χ0) is 11.8. The summed E-state index contributed by atoms with van der Waals surface area (Å²) in [6, 6.07) is -0.488. The molecular weight excluding hydrogens is 202 g/mol. The number of carbonyl (C=O) groups is 3. The largest absolute Gasteiger partial charge is 0.481 e. The van der Waals surface area contributed by atoms with Crippen LogP contribution in [0, 0.1) is 0 Å². The topological polar surface area (TPSA) is 113 Å². The first-order valence-corrected chi connectivity index (χ1v) is 4.50. The Bertz CT molecular complexity index is 254. The Morgan fingerprint density at radius 2 is 2.00 bits per heavy atom. The van der Waals surface area contributed by atoms with Crippen molar-refractivity contribution in [1.29, 1.82) is 0 Å². The number of carbonyl (C=O) groups excluding carboxylic acids is 2. The number of amides is 3. The molecule has 0 spiro atoms. The summed E-state index contributed by atoms with van der Waals surface area (Å²) in [6.07, 6.45) is -0.127. The first-order valence-electron chi connectivity index (χ1n) is 4.50. The van der Waals surface area contributed by atoms with E-state index in [4.69, 9.17) is 10.8 Å². The maximum atomic E-state index is 11.3. The number of nitrogens with two attached hydrogens (primary N) is 1. The Hall–Kier alpha value is -1.79. The molecule has 0 unspecified atom stereocenters. The summed E-state index contributed by atoms with van der Waals surface area (Å²) < 4.78 is 0. The molecule has 0 aliphatic rings. The number of carboxylic acids is 1. The molecule has 0 bridgehead atoms. The van der Waals surface area contributed by atoms with Crippen molar-refractivity contribution >= 4 is 17.9 Å². The van der Waals surface area contributed by atoms with Crippen molar-refractivity contribution in [3.8, 4) is 0 Å². The highest BCUT2D eigenvalue weighted by Crippen LogP contribution is 1.92. The van der Waals surface area contributed by atoms with E-state index in [0.717, 1.165) is 0 Å². The zero-order valence-corrected chi connectivity index (χ0v) is 8.52. The van der Waals surface area contributed by atoms with Crippen molar-refractivity contribution in [2.45, 2.75) is 13.3 Å². The number of primary amides is 1. The molecule has 0 heterocycles. The van der Waals surface area contributed by atoms with Crippen LogP contribution in [0.25, 0.3) is 0 Å².